The Kier molecular flexibility index (Phi) is 7.23. The van der Waals surface area contributed by atoms with E-state index in [0.29, 0.717) is 12.8 Å². The van der Waals surface area contributed by atoms with Crippen LogP contribution in [0.1, 0.15) is 39.9 Å². The molecule has 7 nitrogen and oxygen atoms in total. The first-order chi connectivity index (χ1) is 15.1. The molecule has 3 N–H and O–H groups in total. The van der Waals surface area contributed by atoms with E-state index >= 15 is 0 Å². The van der Waals surface area contributed by atoms with Crippen molar-refractivity contribution in [3.05, 3.63) is 82.9 Å². The Morgan fingerprint density at radius 1 is 0.875 bits per heavy atom. The first kappa shape index (κ1) is 23.4. The van der Waals surface area contributed by atoms with Crippen LogP contribution in [0.4, 0.5) is 0 Å². The molecule has 0 fully saturated rings. The summed E-state index contributed by atoms with van der Waals surface area (Å²) in [6, 6.07) is 15.7. The zero-order valence-electron chi connectivity index (χ0n) is 17.8. The zero-order valence-corrected chi connectivity index (χ0v) is 18.7. The number of aryl methyl sites for hydroxylation is 3. The van der Waals surface area contributed by atoms with Gasteiger partial charge in [0, 0.05) is 12.5 Å². The number of carbonyl (C=O) groups excluding carboxylic acids is 1. The van der Waals surface area contributed by atoms with Crippen molar-refractivity contribution >= 4 is 13.6 Å². The quantitative estimate of drug-likeness (QED) is 0.289. The van der Waals surface area contributed by atoms with Gasteiger partial charge in [-0.1, -0.05) is 18.2 Å². The predicted molar refractivity (Wildman–Crippen MR) is 120 cm³/mol. The van der Waals surface area contributed by atoms with E-state index in [1.54, 1.807) is 36.4 Å². The van der Waals surface area contributed by atoms with Crippen molar-refractivity contribution in [3.8, 4) is 23.0 Å². The number of hydrogen-bond acceptors (Lipinski definition) is 6. The summed E-state index contributed by atoms with van der Waals surface area (Å²) < 4.78 is 22.6. The van der Waals surface area contributed by atoms with Gasteiger partial charge in [-0.25, -0.2) is 4.57 Å². The van der Waals surface area contributed by atoms with E-state index in [-0.39, 0.29) is 40.8 Å². The molecule has 32 heavy (non-hydrogen) atoms. The Labute approximate surface area is 186 Å². The van der Waals surface area contributed by atoms with Crippen LogP contribution in [0.25, 0.3) is 0 Å². The third kappa shape index (κ3) is 6.61. The first-order valence-corrected chi connectivity index (χ1v) is 11.6. The first-order valence-electron chi connectivity index (χ1n) is 10.1. The van der Waals surface area contributed by atoms with E-state index in [4.69, 9.17) is 9.05 Å². The van der Waals surface area contributed by atoms with Crippen LogP contribution in [0, 0.1) is 13.8 Å². The number of ketones is 1. The third-order valence-corrected chi connectivity index (χ3v) is 5.59. The maximum absolute atomic E-state index is 12.3. The summed E-state index contributed by atoms with van der Waals surface area (Å²) in [4.78, 5) is 22.3. The van der Waals surface area contributed by atoms with Gasteiger partial charge in [0.15, 0.2) is 5.78 Å². The maximum atomic E-state index is 12.3. The van der Waals surface area contributed by atoms with Crippen LogP contribution >= 0.6 is 7.82 Å². The van der Waals surface area contributed by atoms with Crippen LogP contribution in [0.2, 0.25) is 0 Å². The van der Waals surface area contributed by atoms with Crippen molar-refractivity contribution < 1.29 is 33.5 Å². The van der Waals surface area contributed by atoms with Gasteiger partial charge in [0.25, 0.3) is 0 Å². The second kappa shape index (κ2) is 9.90. The van der Waals surface area contributed by atoms with E-state index in [1.807, 2.05) is 19.9 Å². The number of phenols is 2. The standard InChI is InChI=1S/C24H25O7P/c1-16-12-17(2)14-21(13-16)31-32(28,29)30-20-9-6-18(7-10-20)4-3-5-23(26)22-11-8-19(25)15-24(22)27/h6-15,25,27H,3-5H2,1-2H3,(H,28,29). The smallest absolute Gasteiger partial charge is 0.508 e. The lowest BCUT2D eigenvalue weighted by Gasteiger charge is -2.15. The number of Topliss-reactive ketones (excluding diaryl/α,β-unsaturated/α-hetero) is 1. The van der Waals surface area contributed by atoms with Gasteiger partial charge in [-0.15, -0.1) is 0 Å². The number of phosphoric ester groups is 1. The minimum absolute atomic E-state index is 0.104. The van der Waals surface area contributed by atoms with Gasteiger partial charge in [0.05, 0.1) is 5.56 Å². The maximum Gasteiger partial charge on any atom is 0.584 e. The van der Waals surface area contributed by atoms with Gasteiger partial charge in [-0.2, -0.15) is 0 Å². The van der Waals surface area contributed by atoms with E-state index in [0.717, 1.165) is 22.8 Å². The highest BCUT2D eigenvalue weighted by Crippen LogP contribution is 2.44. The largest absolute Gasteiger partial charge is 0.584 e. The molecule has 0 aliphatic heterocycles. The molecule has 1 atom stereocenters. The minimum Gasteiger partial charge on any atom is -0.508 e. The fourth-order valence-electron chi connectivity index (χ4n) is 3.33. The van der Waals surface area contributed by atoms with Crippen molar-refractivity contribution in [1.29, 1.82) is 0 Å². The summed E-state index contributed by atoms with van der Waals surface area (Å²) in [5.74, 6) is -0.114. The molecule has 3 rings (SSSR count). The van der Waals surface area contributed by atoms with Crippen molar-refractivity contribution in [3.63, 3.8) is 0 Å². The molecule has 3 aromatic rings. The molecule has 3 aromatic carbocycles. The Morgan fingerprint density at radius 2 is 1.50 bits per heavy atom. The van der Waals surface area contributed by atoms with Gasteiger partial charge < -0.3 is 19.3 Å². The molecule has 8 heteroatoms. The summed E-state index contributed by atoms with van der Waals surface area (Å²) in [5, 5.41) is 19.1. The number of carbonyl (C=O) groups is 1. The van der Waals surface area contributed by atoms with E-state index < -0.39 is 7.82 Å². The summed E-state index contributed by atoms with van der Waals surface area (Å²) >= 11 is 0. The highest BCUT2D eigenvalue weighted by atomic mass is 31.2. The highest BCUT2D eigenvalue weighted by molar-refractivity contribution is 7.48. The molecule has 0 saturated heterocycles. The lowest BCUT2D eigenvalue weighted by Crippen LogP contribution is -2.01. The van der Waals surface area contributed by atoms with Crippen LogP contribution in [0.5, 0.6) is 23.0 Å². The van der Waals surface area contributed by atoms with E-state index in [2.05, 4.69) is 0 Å². The summed E-state index contributed by atoms with van der Waals surface area (Å²) in [6.07, 6.45) is 1.38. The summed E-state index contributed by atoms with van der Waals surface area (Å²) in [7, 11) is -4.35. The van der Waals surface area contributed by atoms with Crippen molar-refractivity contribution in [2.24, 2.45) is 0 Å². The number of phosphoric acid groups is 1. The van der Waals surface area contributed by atoms with Crippen molar-refractivity contribution in [2.75, 3.05) is 0 Å². The number of benzene rings is 3. The van der Waals surface area contributed by atoms with Gasteiger partial charge in [0.1, 0.15) is 23.0 Å². The zero-order chi connectivity index (χ0) is 23.3. The average molecular weight is 456 g/mol. The second-order valence-electron chi connectivity index (χ2n) is 7.60. The van der Waals surface area contributed by atoms with Gasteiger partial charge in [-0.3, -0.25) is 9.69 Å². The normalized spacial score (nSPS) is 12.7. The molecule has 0 saturated carbocycles. The molecule has 0 heterocycles. The fraction of sp³-hybridized carbons (Fsp3) is 0.208. The molecule has 0 amide bonds. The molecule has 0 bridgehead atoms. The number of phenolic OH excluding ortho intramolecular Hbond substituents is 2. The van der Waals surface area contributed by atoms with E-state index in [9.17, 15) is 24.5 Å². The molecule has 1 unspecified atom stereocenters. The fourth-order valence-corrected chi connectivity index (χ4v) is 4.13. The number of aromatic hydroxyl groups is 2. The lowest BCUT2D eigenvalue weighted by molar-refractivity contribution is 0.0977. The molecule has 0 aliphatic rings. The molecule has 168 valence electrons. The number of rotatable bonds is 9. The minimum atomic E-state index is -4.35. The lowest BCUT2D eigenvalue weighted by atomic mass is 10.0. The third-order valence-electron chi connectivity index (χ3n) is 4.71. The van der Waals surface area contributed by atoms with Crippen LogP contribution in [-0.4, -0.2) is 20.9 Å². The molecule has 0 aromatic heterocycles. The van der Waals surface area contributed by atoms with Gasteiger partial charge in [0.2, 0.25) is 0 Å². The van der Waals surface area contributed by atoms with Gasteiger partial charge in [-0.05, 0) is 79.8 Å². The SMILES string of the molecule is Cc1cc(C)cc(OP(=O)(O)Oc2ccc(CCCC(=O)c3ccc(O)cc3O)cc2)c1. The van der Waals surface area contributed by atoms with Crippen LogP contribution in [-0.2, 0) is 11.0 Å². The average Bonchev–Trinajstić information content (AvgIpc) is 2.67. The molecule has 0 radical (unpaired) electrons. The predicted octanol–water partition coefficient (Wildman–Crippen LogP) is 5.48. The Hall–Kier alpha value is -3.28. The molecular weight excluding hydrogens is 431 g/mol. The molecular formula is C24H25O7P. The van der Waals surface area contributed by atoms with Crippen molar-refractivity contribution in [2.45, 2.75) is 33.1 Å². The van der Waals surface area contributed by atoms with Crippen LogP contribution in [0.3, 0.4) is 0 Å². The summed E-state index contributed by atoms with van der Waals surface area (Å²) in [5.41, 5.74) is 2.91. The van der Waals surface area contributed by atoms with Gasteiger partial charge >= 0.3 is 7.82 Å². The second-order valence-corrected chi connectivity index (χ2v) is 8.90. The Morgan fingerprint density at radius 3 is 2.12 bits per heavy atom. The highest BCUT2D eigenvalue weighted by Gasteiger charge is 2.25. The molecule has 0 spiro atoms. The van der Waals surface area contributed by atoms with Crippen LogP contribution < -0.4 is 9.05 Å². The molecule has 0 aliphatic carbocycles. The Bertz CT molecular complexity index is 1140. The van der Waals surface area contributed by atoms with Crippen molar-refractivity contribution in [1.82, 2.24) is 0 Å². The Balaban J connectivity index is 1.53. The monoisotopic (exact) mass is 456 g/mol. The topological polar surface area (TPSA) is 113 Å². The summed E-state index contributed by atoms with van der Waals surface area (Å²) in [6.45, 7) is 3.73. The van der Waals surface area contributed by atoms with E-state index in [1.165, 1.54) is 12.1 Å². The van der Waals surface area contributed by atoms with Crippen LogP contribution in [0.15, 0.2) is 60.7 Å². The number of hydrogen-bond donors (Lipinski definition) is 3.